The lowest BCUT2D eigenvalue weighted by atomic mass is 10.4. The van der Waals surface area contributed by atoms with Gasteiger partial charge in [0.25, 0.3) is 0 Å². The fourth-order valence-electron chi connectivity index (χ4n) is 1.88. The van der Waals surface area contributed by atoms with Crippen LogP contribution in [0.1, 0.15) is 5.69 Å². The van der Waals surface area contributed by atoms with Crippen LogP contribution in [0, 0.1) is 0 Å². The molecule has 6 nitrogen and oxygen atoms in total. The Labute approximate surface area is 108 Å². The number of aromatic nitrogens is 5. The summed E-state index contributed by atoms with van der Waals surface area (Å²) in [6.07, 6.45) is 3.33. The summed E-state index contributed by atoms with van der Waals surface area (Å²) in [6, 6.07) is 3.68. The van der Waals surface area contributed by atoms with Gasteiger partial charge in [-0.3, -0.25) is 9.25 Å². The Hall–Kier alpha value is -2.08. The van der Waals surface area contributed by atoms with Gasteiger partial charge in [-0.1, -0.05) is 11.6 Å². The van der Waals surface area contributed by atoms with Crippen LogP contribution in [0.15, 0.2) is 24.5 Å². The molecule has 7 heteroatoms. The molecule has 0 atom stereocenters. The van der Waals surface area contributed by atoms with Crippen LogP contribution >= 0.6 is 11.6 Å². The first-order chi connectivity index (χ1) is 8.65. The second-order valence-electron chi connectivity index (χ2n) is 4.00. The van der Waals surface area contributed by atoms with Crippen LogP contribution < -0.4 is 5.73 Å². The molecule has 0 aliphatic rings. The molecule has 0 spiro atoms. The summed E-state index contributed by atoms with van der Waals surface area (Å²) in [5.74, 6) is 0.418. The summed E-state index contributed by atoms with van der Waals surface area (Å²) in [5.41, 5.74) is 8.35. The highest BCUT2D eigenvalue weighted by Crippen LogP contribution is 2.20. The summed E-state index contributed by atoms with van der Waals surface area (Å²) < 4.78 is 3.63. The third-order valence-electron chi connectivity index (χ3n) is 2.82. The second kappa shape index (κ2) is 3.99. The molecule has 3 rings (SSSR count). The third-order valence-corrected chi connectivity index (χ3v) is 3.03. The van der Waals surface area contributed by atoms with Gasteiger partial charge in [-0.25, -0.2) is 9.97 Å². The van der Waals surface area contributed by atoms with Crippen molar-refractivity contribution in [3.8, 4) is 0 Å². The Bertz CT molecular complexity index is 713. The number of rotatable bonds is 2. The summed E-state index contributed by atoms with van der Waals surface area (Å²) in [7, 11) is 1.88. The first-order valence-corrected chi connectivity index (χ1v) is 5.77. The van der Waals surface area contributed by atoms with E-state index in [0.29, 0.717) is 23.0 Å². The number of nitrogens with two attached hydrogens (primary N) is 1. The highest BCUT2D eigenvalue weighted by atomic mass is 35.5. The molecule has 0 aliphatic heterocycles. The van der Waals surface area contributed by atoms with Gasteiger partial charge in [0, 0.05) is 19.4 Å². The molecule has 2 N–H and O–H groups in total. The van der Waals surface area contributed by atoms with Crippen molar-refractivity contribution < 1.29 is 0 Å². The molecule has 0 saturated carbocycles. The van der Waals surface area contributed by atoms with Crippen molar-refractivity contribution in [1.29, 1.82) is 0 Å². The molecular formula is C11H11ClN6. The van der Waals surface area contributed by atoms with E-state index < -0.39 is 0 Å². The van der Waals surface area contributed by atoms with Crippen LogP contribution in [0.3, 0.4) is 0 Å². The van der Waals surface area contributed by atoms with Crippen LogP contribution in [0.4, 0.5) is 5.95 Å². The molecule has 3 aromatic heterocycles. The molecule has 92 valence electrons. The Balaban J connectivity index is 2.11. The maximum atomic E-state index is 5.91. The highest BCUT2D eigenvalue weighted by molar-refractivity contribution is 6.31. The number of nitrogens with zero attached hydrogens (tertiary/aromatic N) is 5. The van der Waals surface area contributed by atoms with Gasteiger partial charge >= 0.3 is 0 Å². The zero-order valence-electron chi connectivity index (χ0n) is 9.71. The lowest BCUT2D eigenvalue weighted by Gasteiger charge is -2.05. The number of hydrogen-bond donors (Lipinski definition) is 1. The van der Waals surface area contributed by atoms with Gasteiger partial charge in [0.15, 0.2) is 5.65 Å². The minimum atomic E-state index is 0.418. The predicted octanol–water partition coefficient (Wildman–Crippen LogP) is 1.45. The lowest BCUT2D eigenvalue weighted by Crippen LogP contribution is -2.08. The van der Waals surface area contributed by atoms with Crippen molar-refractivity contribution in [3.05, 3.63) is 35.2 Å². The summed E-state index contributed by atoms with van der Waals surface area (Å²) in [5, 5.41) is 4.67. The molecule has 0 bridgehead atoms. The SMILES string of the molecule is Cn1nccc1Cn1c(N)nc2cc(Cl)cnc21. The Morgan fingerprint density at radius 1 is 1.44 bits per heavy atom. The lowest BCUT2D eigenvalue weighted by molar-refractivity contribution is 0.676. The topological polar surface area (TPSA) is 74.5 Å². The monoisotopic (exact) mass is 262 g/mol. The summed E-state index contributed by atoms with van der Waals surface area (Å²) in [6.45, 7) is 0.577. The first kappa shape index (κ1) is 11.0. The largest absolute Gasteiger partial charge is 0.369 e. The summed E-state index contributed by atoms with van der Waals surface area (Å²) >= 11 is 5.88. The van der Waals surface area contributed by atoms with Gasteiger partial charge in [-0.05, 0) is 12.1 Å². The number of imidazole rings is 1. The summed E-state index contributed by atoms with van der Waals surface area (Å²) in [4.78, 5) is 8.52. The number of halogens is 1. The van der Waals surface area contributed by atoms with Crippen LogP contribution in [-0.2, 0) is 13.6 Å². The van der Waals surface area contributed by atoms with E-state index in [1.165, 1.54) is 0 Å². The number of anilines is 1. The van der Waals surface area contributed by atoms with Crippen LogP contribution in [0.2, 0.25) is 5.02 Å². The molecule has 3 aromatic rings. The molecule has 18 heavy (non-hydrogen) atoms. The zero-order valence-corrected chi connectivity index (χ0v) is 10.5. The smallest absolute Gasteiger partial charge is 0.202 e. The highest BCUT2D eigenvalue weighted by Gasteiger charge is 2.11. The van der Waals surface area contributed by atoms with Gasteiger partial charge in [0.1, 0.15) is 5.52 Å². The first-order valence-electron chi connectivity index (χ1n) is 5.39. The normalized spacial score (nSPS) is 11.2. The Morgan fingerprint density at radius 3 is 3.00 bits per heavy atom. The standard InChI is InChI=1S/C11H11ClN6/c1-17-8(2-3-15-17)6-18-10-9(16-11(18)13)4-7(12)5-14-10/h2-5H,6H2,1H3,(H2,13,16). The fourth-order valence-corrected chi connectivity index (χ4v) is 2.03. The number of nitrogen functional groups attached to an aromatic ring is 1. The molecule has 3 heterocycles. The number of fused-ring (bicyclic) bond motifs is 1. The molecule has 0 amide bonds. The van der Waals surface area contributed by atoms with Gasteiger partial charge in [0.2, 0.25) is 5.95 Å². The van der Waals surface area contributed by atoms with Gasteiger partial charge in [-0.2, -0.15) is 5.10 Å². The van der Waals surface area contributed by atoms with E-state index in [1.54, 1.807) is 23.1 Å². The van der Waals surface area contributed by atoms with Gasteiger partial charge < -0.3 is 5.73 Å². The van der Waals surface area contributed by atoms with Crippen LogP contribution in [0.5, 0.6) is 0 Å². The second-order valence-corrected chi connectivity index (χ2v) is 4.44. The quantitative estimate of drug-likeness (QED) is 0.758. The zero-order chi connectivity index (χ0) is 12.7. The van der Waals surface area contributed by atoms with Crippen molar-refractivity contribution in [2.24, 2.45) is 7.05 Å². The van der Waals surface area contributed by atoms with E-state index in [9.17, 15) is 0 Å². The van der Waals surface area contributed by atoms with Crippen molar-refractivity contribution in [2.45, 2.75) is 6.54 Å². The molecule has 0 aromatic carbocycles. The minimum Gasteiger partial charge on any atom is -0.369 e. The average molecular weight is 263 g/mol. The molecule has 0 fully saturated rings. The van der Waals surface area contributed by atoms with Crippen molar-refractivity contribution in [3.63, 3.8) is 0 Å². The maximum absolute atomic E-state index is 5.91. The molecule has 0 saturated heterocycles. The van der Waals surface area contributed by atoms with E-state index in [0.717, 1.165) is 11.3 Å². The molecule has 0 radical (unpaired) electrons. The van der Waals surface area contributed by atoms with E-state index in [2.05, 4.69) is 15.1 Å². The predicted molar refractivity (Wildman–Crippen MR) is 69.3 cm³/mol. The average Bonchev–Trinajstić information content (AvgIpc) is 2.85. The fraction of sp³-hybridized carbons (Fsp3) is 0.182. The third kappa shape index (κ3) is 1.70. The van der Waals surface area contributed by atoms with Crippen molar-refractivity contribution >= 4 is 28.7 Å². The Morgan fingerprint density at radius 2 is 2.28 bits per heavy atom. The molecule has 0 unspecified atom stereocenters. The van der Waals surface area contributed by atoms with Crippen molar-refractivity contribution in [2.75, 3.05) is 5.73 Å². The Kier molecular flexibility index (Phi) is 2.45. The number of aryl methyl sites for hydroxylation is 1. The minimum absolute atomic E-state index is 0.418. The van der Waals surface area contributed by atoms with Crippen molar-refractivity contribution in [1.82, 2.24) is 24.3 Å². The number of hydrogen-bond acceptors (Lipinski definition) is 4. The van der Waals surface area contributed by atoms with Gasteiger partial charge in [0.05, 0.1) is 17.3 Å². The van der Waals surface area contributed by atoms with E-state index in [1.807, 2.05) is 17.7 Å². The molecular weight excluding hydrogens is 252 g/mol. The van der Waals surface area contributed by atoms with E-state index in [-0.39, 0.29) is 0 Å². The van der Waals surface area contributed by atoms with Crippen LogP contribution in [-0.4, -0.2) is 24.3 Å². The van der Waals surface area contributed by atoms with Gasteiger partial charge in [-0.15, -0.1) is 0 Å². The van der Waals surface area contributed by atoms with E-state index in [4.69, 9.17) is 17.3 Å². The van der Waals surface area contributed by atoms with E-state index >= 15 is 0 Å². The number of pyridine rings is 1. The van der Waals surface area contributed by atoms with Crippen LogP contribution in [0.25, 0.3) is 11.2 Å². The molecule has 0 aliphatic carbocycles. The maximum Gasteiger partial charge on any atom is 0.202 e.